The van der Waals surface area contributed by atoms with Crippen LogP contribution in [0.3, 0.4) is 0 Å². The Labute approximate surface area is 104 Å². The van der Waals surface area contributed by atoms with Crippen LogP contribution in [0.2, 0.25) is 0 Å². The lowest BCUT2D eigenvalue weighted by atomic mass is 9.96. The van der Waals surface area contributed by atoms with Crippen molar-refractivity contribution >= 4 is 23.3 Å². The van der Waals surface area contributed by atoms with Crippen LogP contribution in [0.25, 0.3) is 0 Å². The van der Waals surface area contributed by atoms with Crippen LogP contribution in [-0.4, -0.2) is 16.2 Å². The Morgan fingerprint density at radius 2 is 2.00 bits per heavy atom. The molecule has 4 nitrogen and oxygen atoms in total. The smallest absolute Gasteiger partial charge is 0.335 e. The number of carboxylic acids is 1. The number of nitrogens with one attached hydrogen (secondary N) is 2. The van der Waals surface area contributed by atoms with Gasteiger partial charge in [0.15, 0.2) is 5.11 Å². The Hall–Kier alpha value is -1.88. The topological polar surface area (TPSA) is 61.4 Å². The van der Waals surface area contributed by atoms with Crippen LogP contribution < -0.4 is 10.6 Å². The Bertz CT molecular complexity index is 496. The van der Waals surface area contributed by atoms with Crippen LogP contribution in [-0.2, 0) is 4.79 Å². The quantitative estimate of drug-likeness (QED) is 0.693. The van der Waals surface area contributed by atoms with Crippen molar-refractivity contribution in [3.05, 3.63) is 47.2 Å². The summed E-state index contributed by atoms with van der Waals surface area (Å²) in [7, 11) is 0. The minimum Gasteiger partial charge on any atom is -0.478 e. The molecule has 5 heteroatoms. The van der Waals surface area contributed by atoms with E-state index in [4.69, 9.17) is 12.2 Å². The molecule has 1 atom stereocenters. The van der Waals surface area contributed by atoms with Gasteiger partial charge in [-0.2, -0.15) is 0 Å². The van der Waals surface area contributed by atoms with Crippen LogP contribution in [0.4, 0.5) is 0 Å². The Kier molecular flexibility index (Phi) is 3.10. The second kappa shape index (κ2) is 4.55. The van der Waals surface area contributed by atoms with Crippen molar-refractivity contribution in [3.63, 3.8) is 0 Å². The third kappa shape index (κ3) is 2.29. The Morgan fingerprint density at radius 3 is 2.59 bits per heavy atom. The SMILES string of the molecule is CC1=C(C(=O)O)C(c2ccccc2)NC(=S)N1. The number of rotatable bonds is 2. The summed E-state index contributed by atoms with van der Waals surface area (Å²) in [6, 6.07) is 8.99. The molecule has 0 amide bonds. The summed E-state index contributed by atoms with van der Waals surface area (Å²) in [5, 5.41) is 15.5. The van der Waals surface area contributed by atoms with Crippen LogP contribution >= 0.6 is 12.2 Å². The summed E-state index contributed by atoms with van der Waals surface area (Å²) >= 11 is 5.05. The Morgan fingerprint density at radius 1 is 1.35 bits per heavy atom. The molecule has 1 aliphatic rings. The van der Waals surface area contributed by atoms with Gasteiger partial charge in [-0.15, -0.1) is 0 Å². The molecule has 0 saturated carbocycles. The molecule has 17 heavy (non-hydrogen) atoms. The van der Waals surface area contributed by atoms with Crippen molar-refractivity contribution < 1.29 is 9.90 Å². The molecule has 1 heterocycles. The van der Waals surface area contributed by atoms with E-state index < -0.39 is 12.0 Å². The summed E-state index contributed by atoms with van der Waals surface area (Å²) in [5.41, 5.74) is 1.76. The minimum atomic E-state index is -0.946. The van der Waals surface area contributed by atoms with Crippen molar-refractivity contribution in [2.45, 2.75) is 13.0 Å². The van der Waals surface area contributed by atoms with E-state index in [0.29, 0.717) is 16.4 Å². The molecule has 3 N–H and O–H groups in total. The summed E-state index contributed by atoms with van der Waals surface area (Å²) in [4.78, 5) is 11.3. The standard InChI is InChI=1S/C12H12N2O2S/c1-7-9(11(15)16)10(14-12(17)13-7)8-5-3-2-4-6-8/h2-6,10H,1H3,(H,15,16)(H2,13,14,17). The average molecular weight is 248 g/mol. The van der Waals surface area contributed by atoms with E-state index in [1.165, 1.54) is 0 Å². The normalized spacial score (nSPS) is 19.6. The molecule has 88 valence electrons. The molecule has 0 aromatic heterocycles. The largest absolute Gasteiger partial charge is 0.478 e. The van der Waals surface area contributed by atoms with E-state index in [2.05, 4.69) is 10.6 Å². The molecule has 0 fully saturated rings. The molecular weight excluding hydrogens is 236 g/mol. The van der Waals surface area contributed by atoms with Gasteiger partial charge in [0.2, 0.25) is 0 Å². The second-order valence-electron chi connectivity index (χ2n) is 3.79. The van der Waals surface area contributed by atoms with Gasteiger partial charge in [-0.1, -0.05) is 30.3 Å². The average Bonchev–Trinajstić information content (AvgIpc) is 2.28. The maximum absolute atomic E-state index is 11.3. The van der Waals surface area contributed by atoms with E-state index in [1.54, 1.807) is 6.92 Å². The highest BCUT2D eigenvalue weighted by molar-refractivity contribution is 7.80. The van der Waals surface area contributed by atoms with E-state index in [1.807, 2.05) is 30.3 Å². The highest BCUT2D eigenvalue weighted by atomic mass is 32.1. The fourth-order valence-electron chi connectivity index (χ4n) is 1.87. The first kappa shape index (κ1) is 11.6. The highest BCUT2D eigenvalue weighted by Gasteiger charge is 2.29. The van der Waals surface area contributed by atoms with Gasteiger partial charge in [0.25, 0.3) is 0 Å². The predicted molar refractivity (Wildman–Crippen MR) is 68.4 cm³/mol. The van der Waals surface area contributed by atoms with Gasteiger partial charge in [0.1, 0.15) is 0 Å². The number of allylic oxidation sites excluding steroid dienone is 1. The number of hydrogen-bond donors (Lipinski definition) is 3. The molecule has 1 aromatic carbocycles. The molecule has 2 rings (SSSR count). The number of benzene rings is 1. The predicted octanol–water partition coefficient (Wildman–Crippen LogP) is 1.56. The molecule has 0 radical (unpaired) electrons. The van der Waals surface area contributed by atoms with Gasteiger partial charge in [0, 0.05) is 5.70 Å². The number of hydrogen-bond acceptors (Lipinski definition) is 2. The summed E-state index contributed by atoms with van der Waals surface area (Å²) in [6.07, 6.45) is 0. The van der Waals surface area contributed by atoms with Gasteiger partial charge in [-0.3, -0.25) is 0 Å². The maximum Gasteiger partial charge on any atom is 0.335 e. The van der Waals surface area contributed by atoms with E-state index in [9.17, 15) is 9.90 Å². The maximum atomic E-state index is 11.3. The first-order chi connectivity index (χ1) is 8.09. The van der Waals surface area contributed by atoms with Crippen molar-refractivity contribution in [3.8, 4) is 0 Å². The van der Waals surface area contributed by atoms with Crippen molar-refractivity contribution in [2.75, 3.05) is 0 Å². The van der Waals surface area contributed by atoms with Crippen molar-refractivity contribution in [1.29, 1.82) is 0 Å². The van der Waals surface area contributed by atoms with E-state index >= 15 is 0 Å². The molecule has 1 aromatic rings. The van der Waals surface area contributed by atoms with Gasteiger partial charge in [0.05, 0.1) is 11.6 Å². The molecule has 0 bridgehead atoms. The first-order valence-electron chi connectivity index (χ1n) is 5.16. The zero-order valence-electron chi connectivity index (χ0n) is 9.23. The lowest BCUT2D eigenvalue weighted by Gasteiger charge is -2.28. The lowest BCUT2D eigenvalue weighted by Crippen LogP contribution is -2.44. The fraction of sp³-hybridized carbons (Fsp3) is 0.167. The van der Waals surface area contributed by atoms with Crippen LogP contribution in [0.1, 0.15) is 18.5 Å². The van der Waals surface area contributed by atoms with Crippen molar-refractivity contribution in [1.82, 2.24) is 10.6 Å². The molecule has 0 spiro atoms. The molecule has 0 saturated heterocycles. The summed E-state index contributed by atoms with van der Waals surface area (Å²) < 4.78 is 0. The number of carbonyl (C=O) groups is 1. The zero-order chi connectivity index (χ0) is 12.4. The molecule has 1 aliphatic heterocycles. The van der Waals surface area contributed by atoms with E-state index in [-0.39, 0.29) is 0 Å². The first-order valence-corrected chi connectivity index (χ1v) is 5.57. The van der Waals surface area contributed by atoms with Gasteiger partial charge in [-0.05, 0) is 24.7 Å². The third-order valence-corrected chi connectivity index (χ3v) is 2.85. The number of aliphatic carboxylic acids is 1. The minimum absolute atomic E-state index is 0.296. The van der Waals surface area contributed by atoms with Gasteiger partial charge < -0.3 is 15.7 Å². The summed E-state index contributed by atoms with van der Waals surface area (Å²) in [5.74, 6) is -0.946. The van der Waals surface area contributed by atoms with Crippen LogP contribution in [0, 0.1) is 0 Å². The lowest BCUT2D eigenvalue weighted by molar-refractivity contribution is -0.133. The van der Waals surface area contributed by atoms with Crippen LogP contribution in [0.5, 0.6) is 0 Å². The molecular formula is C12H12N2O2S. The monoisotopic (exact) mass is 248 g/mol. The van der Waals surface area contributed by atoms with E-state index in [0.717, 1.165) is 5.56 Å². The molecule has 1 unspecified atom stereocenters. The number of thiocarbonyl (C=S) groups is 1. The highest BCUT2D eigenvalue weighted by Crippen LogP contribution is 2.26. The third-order valence-electron chi connectivity index (χ3n) is 2.63. The Balaban J connectivity index is 2.47. The second-order valence-corrected chi connectivity index (χ2v) is 4.19. The van der Waals surface area contributed by atoms with Gasteiger partial charge >= 0.3 is 5.97 Å². The number of carboxylic acid groups (broad SMARTS) is 1. The fourth-order valence-corrected chi connectivity index (χ4v) is 2.14. The van der Waals surface area contributed by atoms with Crippen molar-refractivity contribution in [2.24, 2.45) is 0 Å². The molecule has 0 aliphatic carbocycles. The van der Waals surface area contributed by atoms with Gasteiger partial charge in [-0.25, -0.2) is 4.79 Å². The zero-order valence-corrected chi connectivity index (χ0v) is 10.0. The van der Waals surface area contributed by atoms with Crippen LogP contribution in [0.15, 0.2) is 41.6 Å². The summed E-state index contributed by atoms with van der Waals surface area (Å²) in [6.45, 7) is 1.71.